The first-order valence-electron chi connectivity index (χ1n) is 15.7. The molecule has 0 aliphatic heterocycles. The fraction of sp³-hybridized carbons (Fsp3) is 0.0455. The second-order valence-corrected chi connectivity index (χ2v) is 11.7. The van der Waals surface area contributed by atoms with Crippen molar-refractivity contribution < 1.29 is 0 Å². The van der Waals surface area contributed by atoms with Crippen LogP contribution in [0.2, 0.25) is 0 Å². The maximum absolute atomic E-state index is 6.25. The van der Waals surface area contributed by atoms with Crippen molar-refractivity contribution in [3.63, 3.8) is 0 Å². The fourth-order valence-electron chi connectivity index (χ4n) is 6.92. The molecule has 218 valence electrons. The van der Waals surface area contributed by atoms with Gasteiger partial charge in [-0.1, -0.05) is 127 Å². The number of hydrogen-bond donors (Lipinski definition) is 0. The van der Waals surface area contributed by atoms with Crippen molar-refractivity contribution in [1.29, 1.82) is 0 Å². The summed E-state index contributed by atoms with van der Waals surface area (Å²) in [5.74, 6) is 3.08. The smallest absolute Gasteiger partial charge is 0.114 e. The van der Waals surface area contributed by atoms with Crippen LogP contribution in [0.25, 0.3) is 66.7 Å². The Morgan fingerprint density at radius 2 is 1.07 bits per heavy atom. The Bertz CT molecular complexity index is 2390. The van der Waals surface area contributed by atoms with Crippen molar-refractivity contribution in [2.45, 2.75) is 13.0 Å². The number of fused-ring (bicyclic) bond motifs is 4. The van der Waals surface area contributed by atoms with Gasteiger partial charge in [-0.05, 0) is 71.7 Å². The van der Waals surface area contributed by atoms with Gasteiger partial charge in [0.25, 0.3) is 0 Å². The van der Waals surface area contributed by atoms with Gasteiger partial charge in [0.1, 0.15) is 6.04 Å². The highest BCUT2D eigenvalue weighted by Crippen LogP contribution is 2.35. The van der Waals surface area contributed by atoms with E-state index in [1.807, 2.05) is 0 Å². The minimum atomic E-state index is -0.244. The van der Waals surface area contributed by atoms with Gasteiger partial charge in [-0.25, -0.2) is 0 Å². The summed E-state index contributed by atoms with van der Waals surface area (Å²) in [4.78, 5) is 0. The van der Waals surface area contributed by atoms with Gasteiger partial charge in [0.05, 0.1) is 16.6 Å². The van der Waals surface area contributed by atoms with Crippen LogP contribution in [-0.2, 0) is 0 Å². The third kappa shape index (κ3) is 4.62. The van der Waals surface area contributed by atoms with E-state index >= 15 is 0 Å². The van der Waals surface area contributed by atoms with E-state index < -0.39 is 0 Å². The standard InChI is InChI=1S/C44H32N2/c1-3-36(46-43-25-11-8-22-40(43)41-23-9-12-26-44(41)46)27-28-38-31(2)45(42-24-10-7-21-39(38)42)37-20-14-19-35(30-37)34-18-13-17-33(29-34)32-15-5-4-6-16-32/h1,4-30,36H,2H3/b28-27-. The molecule has 2 heteroatoms. The van der Waals surface area contributed by atoms with Gasteiger partial charge < -0.3 is 9.13 Å². The lowest BCUT2D eigenvalue weighted by Crippen LogP contribution is -2.03. The molecule has 8 rings (SSSR count). The Morgan fingerprint density at radius 1 is 0.543 bits per heavy atom. The van der Waals surface area contributed by atoms with Crippen molar-refractivity contribution >= 4 is 38.8 Å². The van der Waals surface area contributed by atoms with Crippen LogP contribution in [0, 0.1) is 19.3 Å². The van der Waals surface area contributed by atoms with E-state index in [0.717, 1.165) is 16.7 Å². The zero-order valence-corrected chi connectivity index (χ0v) is 25.6. The molecule has 2 aromatic heterocycles. The molecule has 6 aromatic carbocycles. The fourth-order valence-corrected chi connectivity index (χ4v) is 6.92. The van der Waals surface area contributed by atoms with Crippen LogP contribution in [0.3, 0.4) is 0 Å². The van der Waals surface area contributed by atoms with Crippen LogP contribution in [0.5, 0.6) is 0 Å². The number of terminal acetylenes is 1. The normalized spacial score (nSPS) is 12.3. The highest BCUT2D eigenvalue weighted by atomic mass is 15.0. The van der Waals surface area contributed by atoms with Gasteiger partial charge in [-0.2, -0.15) is 0 Å². The predicted molar refractivity (Wildman–Crippen MR) is 195 cm³/mol. The van der Waals surface area contributed by atoms with Crippen molar-refractivity contribution in [3.8, 4) is 40.3 Å². The molecule has 46 heavy (non-hydrogen) atoms. The van der Waals surface area contributed by atoms with Crippen molar-refractivity contribution in [1.82, 2.24) is 9.13 Å². The molecule has 0 bridgehead atoms. The Kier molecular flexibility index (Phi) is 6.86. The van der Waals surface area contributed by atoms with Gasteiger partial charge in [0, 0.05) is 33.1 Å². The molecular weight excluding hydrogens is 556 g/mol. The van der Waals surface area contributed by atoms with Crippen molar-refractivity contribution in [2.75, 3.05) is 0 Å². The van der Waals surface area contributed by atoms with Crippen molar-refractivity contribution in [3.05, 3.63) is 169 Å². The molecule has 0 radical (unpaired) electrons. The Balaban J connectivity index is 1.22. The highest BCUT2D eigenvalue weighted by molar-refractivity contribution is 6.08. The Morgan fingerprint density at radius 3 is 1.74 bits per heavy atom. The molecule has 2 heterocycles. The maximum Gasteiger partial charge on any atom is 0.114 e. The third-order valence-electron chi connectivity index (χ3n) is 9.08. The van der Waals surface area contributed by atoms with Crippen LogP contribution in [-0.4, -0.2) is 9.13 Å². The molecule has 0 fully saturated rings. The molecule has 1 atom stereocenters. The molecule has 0 saturated heterocycles. The number of hydrogen-bond acceptors (Lipinski definition) is 0. The number of rotatable bonds is 6. The Hall–Kier alpha value is -6.04. The van der Waals surface area contributed by atoms with Gasteiger partial charge in [-0.3, -0.25) is 0 Å². The highest BCUT2D eigenvalue weighted by Gasteiger charge is 2.17. The number of aromatic nitrogens is 2. The first-order valence-corrected chi connectivity index (χ1v) is 15.7. The SMILES string of the molecule is C#CC(/C=C\c1c(C)n(-c2cccc(-c3cccc(-c4ccccc4)c3)c2)c2ccccc12)n1c2ccccc2c2ccccc21. The second-order valence-electron chi connectivity index (χ2n) is 11.7. The van der Waals surface area contributed by atoms with E-state index in [-0.39, 0.29) is 6.04 Å². The summed E-state index contributed by atoms with van der Waals surface area (Å²) in [5.41, 5.74) is 11.7. The summed E-state index contributed by atoms with van der Waals surface area (Å²) in [5, 5.41) is 3.63. The van der Waals surface area contributed by atoms with Crippen LogP contribution >= 0.6 is 0 Å². The lowest BCUT2D eigenvalue weighted by Gasteiger charge is -2.13. The summed E-state index contributed by atoms with van der Waals surface area (Å²) in [6.07, 6.45) is 10.6. The molecular formula is C44H32N2. The molecule has 0 amide bonds. The summed E-state index contributed by atoms with van der Waals surface area (Å²) in [6, 6.07) is 53.6. The largest absolute Gasteiger partial charge is 0.322 e. The molecule has 0 N–H and O–H groups in total. The van der Waals surface area contributed by atoms with Crippen molar-refractivity contribution in [2.24, 2.45) is 0 Å². The van der Waals surface area contributed by atoms with E-state index in [4.69, 9.17) is 6.42 Å². The molecule has 0 spiro atoms. The van der Waals surface area contributed by atoms with E-state index in [1.54, 1.807) is 0 Å². The summed E-state index contributed by atoms with van der Waals surface area (Å²) in [7, 11) is 0. The minimum absolute atomic E-state index is 0.244. The first kappa shape index (κ1) is 27.5. The maximum atomic E-state index is 6.25. The summed E-state index contributed by atoms with van der Waals surface area (Å²) >= 11 is 0. The Labute approximate surface area is 269 Å². The molecule has 0 saturated carbocycles. The summed E-state index contributed by atoms with van der Waals surface area (Å²) in [6.45, 7) is 2.20. The quantitative estimate of drug-likeness (QED) is 0.171. The lowest BCUT2D eigenvalue weighted by molar-refractivity contribution is 0.810. The molecule has 2 nitrogen and oxygen atoms in total. The van der Waals surface area contributed by atoms with Gasteiger partial charge in [0.2, 0.25) is 0 Å². The van der Waals surface area contributed by atoms with Crippen LogP contribution in [0.4, 0.5) is 0 Å². The first-order chi connectivity index (χ1) is 22.7. The van der Waals surface area contributed by atoms with Crippen LogP contribution in [0.1, 0.15) is 17.3 Å². The zero-order chi connectivity index (χ0) is 31.0. The molecule has 1 unspecified atom stereocenters. The molecule has 0 aliphatic carbocycles. The van der Waals surface area contributed by atoms with Gasteiger partial charge in [-0.15, -0.1) is 6.42 Å². The van der Waals surface area contributed by atoms with E-state index in [9.17, 15) is 0 Å². The number of allylic oxidation sites excluding steroid dienone is 1. The monoisotopic (exact) mass is 588 g/mol. The van der Waals surface area contributed by atoms with E-state index in [1.165, 1.54) is 55.2 Å². The number of nitrogens with zero attached hydrogens (tertiary/aromatic N) is 2. The lowest BCUT2D eigenvalue weighted by atomic mass is 9.99. The second kappa shape index (κ2) is 11.5. The van der Waals surface area contributed by atoms with Crippen LogP contribution in [0.15, 0.2) is 158 Å². The summed E-state index contributed by atoms with van der Waals surface area (Å²) < 4.78 is 4.65. The molecule has 0 aliphatic rings. The minimum Gasteiger partial charge on any atom is -0.322 e. The third-order valence-corrected chi connectivity index (χ3v) is 9.08. The van der Waals surface area contributed by atoms with E-state index in [2.05, 4.69) is 186 Å². The number of benzene rings is 6. The average molecular weight is 589 g/mol. The predicted octanol–water partition coefficient (Wildman–Crippen LogP) is 11.3. The van der Waals surface area contributed by atoms with E-state index in [0.29, 0.717) is 0 Å². The molecule has 8 aromatic rings. The average Bonchev–Trinajstić information content (AvgIpc) is 3.60. The van der Waals surface area contributed by atoms with Gasteiger partial charge in [0.15, 0.2) is 0 Å². The number of para-hydroxylation sites is 3. The topological polar surface area (TPSA) is 9.86 Å². The van der Waals surface area contributed by atoms with Crippen LogP contribution < -0.4 is 0 Å². The van der Waals surface area contributed by atoms with Gasteiger partial charge >= 0.3 is 0 Å². The zero-order valence-electron chi connectivity index (χ0n) is 25.6.